The van der Waals surface area contributed by atoms with Gasteiger partial charge in [0.15, 0.2) is 0 Å². The van der Waals surface area contributed by atoms with Crippen LogP contribution in [0, 0.1) is 5.92 Å². The van der Waals surface area contributed by atoms with E-state index < -0.39 is 0 Å². The van der Waals surface area contributed by atoms with Crippen LogP contribution in [0.4, 0.5) is 0 Å². The molecule has 0 aliphatic carbocycles. The van der Waals surface area contributed by atoms with Crippen LogP contribution in [0.3, 0.4) is 0 Å². The Morgan fingerprint density at radius 3 is 1.76 bits per heavy atom. The molecule has 0 radical (unpaired) electrons. The molecule has 1 nitrogen and oxygen atoms in total. The first-order valence-electron chi connectivity index (χ1n) is 9.20. The number of benzene rings is 3. The molecule has 0 aromatic heterocycles. The van der Waals surface area contributed by atoms with Crippen molar-refractivity contribution in [2.75, 3.05) is 0 Å². The highest BCUT2D eigenvalue weighted by Gasteiger charge is 2.37. The van der Waals surface area contributed by atoms with E-state index in [1.54, 1.807) is 0 Å². The van der Waals surface area contributed by atoms with Crippen LogP contribution >= 0.6 is 0 Å². The fourth-order valence-electron chi connectivity index (χ4n) is 4.17. The molecule has 3 aromatic carbocycles. The summed E-state index contributed by atoms with van der Waals surface area (Å²) in [6.45, 7) is 4.65. The predicted octanol–water partition coefficient (Wildman–Crippen LogP) is 5.54. The number of hydrogen-bond acceptors (Lipinski definition) is 1. The van der Waals surface area contributed by atoms with Crippen LogP contribution in [0.5, 0.6) is 0 Å². The monoisotopic (exact) mass is 327 g/mol. The first kappa shape index (κ1) is 16.1. The van der Waals surface area contributed by atoms with Crippen molar-refractivity contribution in [2.24, 2.45) is 5.92 Å². The third-order valence-corrected chi connectivity index (χ3v) is 5.37. The van der Waals surface area contributed by atoms with Gasteiger partial charge in [-0.2, -0.15) is 0 Å². The Balaban J connectivity index is 1.87. The average molecular weight is 327 g/mol. The summed E-state index contributed by atoms with van der Waals surface area (Å²) in [6, 6.07) is 31.4. The van der Waals surface area contributed by atoms with E-state index in [0.717, 1.165) is 0 Å². The lowest BCUT2D eigenvalue weighted by Gasteiger charge is -2.42. The zero-order chi connectivity index (χ0) is 17.2. The van der Waals surface area contributed by atoms with Crippen LogP contribution in [0.15, 0.2) is 84.9 Å². The number of nitrogens with one attached hydrogen (secondary N) is 1. The maximum absolute atomic E-state index is 3.97. The van der Waals surface area contributed by atoms with E-state index in [2.05, 4.69) is 104 Å². The van der Waals surface area contributed by atoms with Gasteiger partial charge in [-0.05, 0) is 28.2 Å². The molecule has 1 heteroatoms. The molecule has 0 saturated carbocycles. The van der Waals surface area contributed by atoms with Gasteiger partial charge in [0, 0.05) is 12.0 Å². The van der Waals surface area contributed by atoms with Gasteiger partial charge in [0.25, 0.3) is 0 Å². The molecule has 1 aliphatic rings. The molecule has 1 N–H and O–H groups in total. The molecule has 1 aliphatic heterocycles. The molecule has 3 aromatic rings. The van der Waals surface area contributed by atoms with E-state index in [-0.39, 0.29) is 6.04 Å². The first-order valence-corrected chi connectivity index (χ1v) is 9.20. The topological polar surface area (TPSA) is 12.0 Å². The summed E-state index contributed by atoms with van der Waals surface area (Å²) in [7, 11) is 0. The minimum absolute atomic E-state index is 0.254. The van der Waals surface area contributed by atoms with Crippen molar-refractivity contribution < 1.29 is 0 Å². The molecular formula is C24H25N. The second kappa shape index (κ2) is 6.85. The highest BCUT2D eigenvalue weighted by Crippen LogP contribution is 2.42. The quantitative estimate of drug-likeness (QED) is 0.666. The molecule has 1 heterocycles. The standard InChI is InChI=1S/C24H25N/c1-17(2)23-22(18-11-5-3-6-12-18)20-15-9-10-16-21(20)24(25-23)19-13-7-4-8-14-19/h3-17,22-25H,1-2H3/t22-,23-,24-/m1/s1. The number of rotatable bonds is 3. The van der Waals surface area contributed by atoms with Gasteiger partial charge in [-0.25, -0.2) is 0 Å². The van der Waals surface area contributed by atoms with Gasteiger partial charge in [0.2, 0.25) is 0 Å². The van der Waals surface area contributed by atoms with E-state index in [1.807, 2.05) is 0 Å². The SMILES string of the molecule is CC(C)[C@H]1N[C@H](c2ccccc2)c2ccccc2[C@H]1c1ccccc1. The number of hydrogen-bond donors (Lipinski definition) is 1. The van der Waals surface area contributed by atoms with Crippen molar-refractivity contribution in [1.82, 2.24) is 5.32 Å². The summed E-state index contributed by atoms with van der Waals surface area (Å²) in [4.78, 5) is 0. The Morgan fingerprint density at radius 2 is 1.16 bits per heavy atom. The molecule has 126 valence electrons. The molecule has 0 bridgehead atoms. The summed E-state index contributed by atoms with van der Waals surface area (Å²) in [5.41, 5.74) is 5.60. The fourth-order valence-corrected chi connectivity index (χ4v) is 4.17. The van der Waals surface area contributed by atoms with Crippen molar-refractivity contribution in [3.05, 3.63) is 107 Å². The fraction of sp³-hybridized carbons (Fsp3) is 0.250. The lowest BCUT2D eigenvalue weighted by atomic mass is 9.73. The van der Waals surface area contributed by atoms with E-state index in [0.29, 0.717) is 17.9 Å². The second-order valence-corrected chi connectivity index (χ2v) is 7.30. The van der Waals surface area contributed by atoms with Gasteiger partial charge in [-0.1, -0.05) is 98.8 Å². The maximum Gasteiger partial charge on any atom is 0.0582 e. The summed E-state index contributed by atoms with van der Waals surface area (Å²) in [6.07, 6.45) is 0. The predicted molar refractivity (Wildman–Crippen MR) is 105 cm³/mol. The van der Waals surface area contributed by atoms with Gasteiger partial charge < -0.3 is 5.32 Å². The van der Waals surface area contributed by atoms with Crippen LogP contribution in [0.25, 0.3) is 0 Å². The summed E-state index contributed by atoms with van der Waals surface area (Å²) in [5.74, 6) is 0.933. The summed E-state index contributed by atoms with van der Waals surface area (Å²) < 4.78 is 0. The zero-order valence-corrected chi connectivity index (χ0v) is 14.9. The van der Waals surface area contributed by atoms with Crippen LogP contribution in [-0.4, -0.2) is 6.04 Å². The molecule has 3 atom stereocenters. The highest BCUT2D eigenvalue weighted by molar-refractivity contribution is 5.47. The van der Waals surface area contributed by atoms with E-state index >= 15 is 0 Å². The Bertz CT molecular complexity index is 823. The maximum atomic E-state index is 3.97. The van der Waals surface area contributed by atoms with Crippen molar-refractivity contribution >= 4 is 0 Å². The third-order valence-electron chi connectivity index (χ3n) is 5.37. The zero-order valence-electron chi connectivity index (χ0n) is 14.9. The Hall–Kier alpha value is -2.38. The van der Waals surface area contributed by atoms with Crippen molar-refractivity contribution in [1.29, 1.82) is 0 Å². The van der Waals surface area contributed by atoms with Gasteiger partial charge in [-0.15, -0.1) is 0 Å². The molecule has 0 spiro atoms. The van der Waals surface area contributed by atoms with Crippen LogP contribution < -0.4 is 5.32 Å². The molecule has 25 heavy (non-hydrogen) atoms. The molecule has 4 rings (SSSR count). The van der Waals surface area contributed by atoms with Crippen molar-refractivity contribution in [3.63, 3.8) is 0 Å². The van der Waals surface area contributed by atoms with Crippen molar-refractivity contribution in [3.8, 4) is 0 Å². The Kier molecular flexibility index (Phi) is 4.42. The number of fused-ring (bicyclic) bond motifs is 1. The van der Waals surface area contributed by atoms with Gasteiger partial charge in [-0.3, -0.25) is 0 Å². The average Bonchev–Trinajstić information content (AvgIpc) is 2.68. The molecule has 0 unspecified atom stereocenters. The molecular weight excluding hydrogens is 302 g/mol. The van der Waals surface area contributed by atoms with E-state index in [1.165, 1.54) is 22.3 Å². The second-order valence-electron chi connectivity index (χ2n) is 7.30. The highest BCUT2D eigenvalue weighted by atomic mass is 15.0. The van der Waals surface area contributed by atoms with Gasteiger partial charge in [0.1, 0.15) is 0 Å². The minimum atomic E-state index is 0.254. The Morgan fingerprint density at radius 1 is 0.640 bits per heavy atom. The van der Waals surface area contributed by atoms with Crippen LogP contribution in [0.1, 0.15) is 48.1 Å². The largest absolute Gasteiger partial charge is 0.302 e. The first-order chi connectivity index (χ1) is 12.3. The lowest BCUT2D eigenvalue weighted by Crippen LogP contribution is -2.46. The normalized spacial score (nSPS) is 22.6. The Labute approximate surface area is 150 Å². The van der Waals surface area contributed by atoms with E-state index in [4.69, 9.17) is 0 Å². The molecule has 0 amide bonds. The van der Waals surface area contributed by atoms with Crippen LogP contribution in [0.2, 0.25) is 0 Å². The molecule has 0 saturated heterocycles. The molecule has 0 fully saturated rings. The summed E-state index contributed by atoms with van der Waals surface area (Å²) in [5, 5.41) is 3.97. The van der Waals surface area contributed by atoms with Crippen molar-refractivity contribution in [2.45, 2.75) is 31.8 Å². The summed E-state index contributed by atoms with van der Waals surface area (Å²) >= 11 is 0. The lowest BCUT2D eigenvalue weighted by molar-refractivity contribution is 0.322. The minimum Gasteiger partial charge on any atom is -0.302 e. The smallest absolute Gasteiger partial charge is 0.0582 e. The van der Waals surface area contributed by atoms with Gasteiger partial charge in [0.05, 0.1) is 6.04 Å². The third kappa shape index (κ3) is 3.01. The van der Waals surface area contributed by atoms with E-state index in [9.17, 15) is 0 Å². The van der Waals surface area contributed by atoms with Crippen LogP contribution in [-0.2, 0) is 0 Å². The van der Waals surface area contributed by atoms with Gasteiger partial charge >= 0.3 is 0 Å².